The van der Waals surface area contributed by atoms with Crippen molar-refractivity contribution in [2.24, 2.45) is 0 Å². The molecule has 0 aliphatic heterocycles. The van der Waals surface area contributed by atoms with Gasteiger partial charge in [-0.2, -0.15) is 5.10 Å². The summed E-state index contributed by atoms with van der Waals surface area (Å²) in [7, 11) is 0. The van der Waals surface area contributed by atoms with Gasteiger partial charge in [0, 0.05) is 18.3 Å². The summed E-state index contributed by atoms with van der Waals surface area (Å²) in [6, 6.07) is 0. The highest BCUT2D eigenvalue weighted by Gasteiger charge is 2.06. The number of halogens is 1. The SMILES string of the molecule is CCn1cc(Cn2cnc(C)c(Br)c2=O)cn1. The average molecular weight is 297 g/mol. The first-order valence-corrected chi connectivity index (χ1v) is 6.14. The molecule has 5 nitrogen and oxygen atoms in total. The van der Waals surface area contributed by atoms with Crippen molar-refractivity contribution in [2.45, 2.75) is 26.9 Å². The molecule has 0 fully saturated rings. The molecule has 0 aromatic carbocycles. The van der Waals surface area contributed by atoms with Gasteiger partial charge < -0.3 is 0 Å². The Balaban J connectivity index is 2.30. The maximum Gasteiger partial charge on any atom is 0.268 e. The number of rotatable bonds is 3. The summed E-state index contributed by atoms with van der Waals surface area (Å²) in [4.78, 5) is 16.1. The Labute approximate surface area is 107 Å². The van der Waals surface area contributed by atoms with Gasteiger partial charge in [-0.05, 0) is 29.8 Å². The molecular formula is C11H13BrN4O. The highest BCUT2D eigenvalue weighted by atomic mass is 79.9. The highest BCUT2D eigenvalue weighted by molar-refractivity contribution is 9.10. The van der Waals surface area contributed by atoms with Gasteiger partial charge in [0.15, 0.2) is 0 Å². The molecule has 0 aliphatic carbocycles. The minimum absolute atomic E-state index is 0.0678. The normalized spacial score (nSPS) is 10.8. The standard InChI is InChI=1S/C11H13BrN4O/c1-3-16-6-9(4-14-16)5-15-7-13-8(2)10(12)11(15)17/h4,6-7H,3,5H2,1-2H3. The quantitative estimate of drug-likeness (QED) is 0.864. The number of hydrogen-bond donors (Lipinski definition) is 0. The lowest BCUT2D eigenvalue weighted by molar-refractivity contribution is 0.657. The Kier molecular flexibility index (Phi) is 3.42. The third kappa shape index (κ3) is 2.46. The van der Waals surface area contributed by atoms with Gasteiger partial charge in [0.25, 0.3) is 5.56 Å². The molecule has 2 aromatic heterocycles. The van der Waals surface area contributed by atoms with Crippen LogP contribution >= 0.6 is 15.9 Å². The first kappa shape index (κ1) is 12.0. The third-order valence-electron chi connectivity index (χ3n) is 2.52. The van der Waals surface area contributed by atoms with Gasteiger partial charge >= 0.3 is 0 Å². The van der Waals surface area contributed by atoms with E-state index in [1.807, 2.05) is 17.8 Å². The smallest absolute Gasteiger partial charge is 0.268 e. The first-order valence-electron chi connectivity index (χ1n) is 5.34. The molecule has 2 heterocycles. The van der Waals surface area contributed by atoms with Crippen LogP contribution in [0.15, 0.2) is 28.0 Å². The van der Waals surface area contributed by atoms with Crippen molar-refractivity contribution in [2.75, 3.05) is 0 Å². The van der Waals surface area contributed by atoms with Crippen LogP contribution in [0, 0.1) is 6.92 Å². The van der Waals surface area contributed by atoms with Gasteiger partial charge in [0.05, 0.1) is 24.8 Å². The Bertz CT molecular complexity index is 587. The predicted molar refractivity (Wildman–Crippen MR) is 67.9 cm³/mol. The first-order chi connectivity index (χ1) is 8.11. The van der Waals surface area contributed by atoms with E-state index in [1.165, 1.54) is 0 Å². The molecular weight excluding hydrogens is 284 g/mol. The third-order valence-corrected chi connectivity index (χ3v) is 3.43. The van der Waals surface area contributed by atoms with Crippen LogP contribution in [0.3, 0.4) is 0 Å². The van der Waals surface area contributed by atoms with Gasteiger partial charge in [-0.15, -0.1) is 0 Å². The molecule has 0 saturated heterocycles. The van der Waals surface area contributed by atoms with Crippen LogP contribution in [0.5, 0.6) is 0 Å². The lowest BCUT2D eigenvalue weighted by atomic mass is 10.3. The van der Waals surface area contributed by atoms with E-state index in [4.69, 9.17) is 0 Å². The Morgan fingerprint density at radius 3 is 2.88 bits per heavy atom. The van der Waals surface area contributed by atoms with Crippen LogP contribution in [0.2, 0.25) is 0 Å². The van der Waals surface area contributed by atoms with Crippen LogP contribution in [-0.2, 0) is 13.1 Å². The molecule has 0 spiro atoms. The highest BCUT2D eigenvalue weighted by Crippen LogP contribution is 2.07. The average Bonchev–Trinajstić information content (AvgIpc) is 2.78. The van der Waals surface area contributed by atoms with Crippen LogP contribution in [0.1, 0.15) is 18.2 Å². The van der Waals surface area contributed by atoms with Gasteiger partial charge in [-0.3, -0.25) is 14.0 Å². The van der Waals surface area contributed by atoms with Crippen molar-refractivity contribution < 1.29 is 0 Å². The molecule has 0 atom stereocenters. The summed E-state index contributed by atoms with van der Waals surface area (Å²) >= 11 is 3.25. The van der Waals surface area contributed by atoms with E-state index in [0.717, 1.165) is 12.1 Å². The topological polar surface area (TPSA) is 52.7 Å². The van der Waals surface area contributed by atoms with Crippen LogP contribution in [-0.4, -0.2) is 19.3 Å². The van der Waals surface area contributed by atoms with Gasteiger partial charge in [-0.1, -0.05) is 0 Å². The molecule has 0 radical (unpaired) electrons. The molecule has 0 bridgehead atoms. The summed E-state index contributed by atoms with van der Waals surface area (Å²) in [6.07, 6.45) is 5.26. The molecule has 0 aliphatic rings. The van der Waals surface area contributed by atoms with Gasteiger partial charge in [0.1, 0.15) is 4.47 Å². The fraction of sp³-hybridized carbons (Fsp3) is 0.364. The van der Waals surface area contributed by atoms with Crippen molar-refractivity contribution in [1.29, 1.82) is 0 Å². The zero-order chi connectivity index (χ0) is 12.4. The van der Waals surface area contributed by atoms with E-state index in [9.17, 15) is 4.79 Å². The van der Waals surface area contributed by atoms with E-state index < -0.39 is 0 Å². The number of hydrogen-bond acceptors (Lipinski definition) is 3. The van der Waals surface area contributed by atoms with Gasteiger partial charge in [0.2, 0.25) is 0 Å². The zero-order valence-corrected chi connectivity index (χ0v) is 11.3. The van der Waals surface area contributed by atoms with Crippen LogP contribution < -0.4 is 5.56 Å². The van der Waals surface area contributed by atoms with Crippen molar-refractivity contribution in [3.8, 4) is 0 Å². The fourth-order valence-corrected chi connectivity index (χ4v) is 1.85. The predicted octanol–water partition coefficient (Wildman–Crippen LogP) is 1.58. The van der Waals surface area contributed by atoms with Crippen molar-refractivity contribution >= 4 is 15.9 Å². The van der Waals surface area contributed by atoms with E-state index in [2.05, 4.69) is 26.0 Å². The fourth-order valence-electron chi connectivity index (χ4n) is 1.52. The number of aryl methyl sites for hydroxylation is 2. The molecule has 2 aromatic rings. The van der Waals surface area contributed by atoms with Gasteiger partial charge in [-0.25, -0.2) is 4.98 Å². The van der Waals surface area contributed by atoms with E-state index >= 15 is 0 Å². The van der Waals surface area contributed by atoms with Crippen molar-refractivity contribution in [3.63, 3.8) is 0 Å². The lowest BCUT2D eigenvalue weighted by Crippen LogP contribution is -2.22. The maximum atomic E-state index is 11.9. The minimum Gasteiger partial charge on any atom is -0.294 e. The summed E-state index contributed by atoms with van der Waals surface area (Å²) in [6.45, 7) is 5.13. The molecule has 2 rings (SSSR count). The maximum absolute atomic E-state index is 11.9. The number of nitrogens with zero attached hydrogens (tertiary/aromatic N) is 4. The van der Waals surface area contributed by atoms with Crippen LogP contribution in [0.25, 0.3) is 0 Å². The van der Waals surface area contributed by atoms with Crippen molar-refractivity contribution in [1.82, 2.24) is 19.3 Å². The summed E-state index contributed by atoms with van der Waals surface area (Å²) in [5.74, 6) is 0. The Hall–Kier alpha value is -1.43. The second-order valence-corrected chi connectivity index (χ2v) is 4.57. The van der Waals surface area contributed by atoms with E-state index in [0.29, 0.717) is 16.7 Å². The molecule has 17 heavy (non-hydrogen) atoms. The molecule has 6 heteroatoms. The second-order valence-electron chi connectivity index (χ2n) is 3.78. The molecule has 0 saturated carbocycles. The molecule has 0 amide bonds. The Morgan fingerprint density at radius 1 is 1.47 bits per heavy atom. The second kappa shape index (κ2) is 4.83. The summed E-state index contributed by atoms with van der Waals surface area (Å²) in [5.41, 5.74) is 1.63. The van der Waals surface area contributed by atoms with E-state index in [1.54, 1.807) is 24.0 Å². The molecule has 0 unspecified atom stereocenters. The summed E-state index contributed by atoms with van der Waals surface area (Å²) in [5, 5.41) is 4.17. The van der Waals surface area contributed by atoms with Crippen LogP contribution in [0.4, 0.5) is 0 Å². The summed E-state index contributed by atoms with van der Waals surface area (Å²) < 4.78 is 3.91. The molecule has 90 valence electrons. The minimum atomic E-state index is -0.0678. The molecule has 0 N–H and O–H groups in total. The largest absolute Gasteiger partial charge is 0.294 e. The van der Waals surface area contributed by atoms with Crippen molar-refractivity contribution in [3.05, 3.63) is 44.8 Å². The van der Waals surface area contributed by atoms with E-state index in [-0.39, 0.29) is 5.56 Å². The Morgan fingerprint density at radius 2 is 2.24 bits per heavy atom. The monoisotopic (exact) mass is 296 g/mol. The zero-order valence-electron chi connectivity index (χ0n) is 9.72. The number of aromatic nitrogens is 4. The lowest BCUT2D eigenvalue weighted by Gasteiger charge is -2.04.